The standard InChI is InChI=1S/C11H13F3N2O2/c1-7(15)10(17)16-6-8-2-4-9(5-3-8)18-11(12,13)14/h2-5,7H,6,15H2,1H3,(H,16,17). The van der Waals surface area contributed by atoms with Crippen LogP contribution in [0.1, 0.15) is 12.5 Å². The van der Waals surface area contributed by atoms with Crippen LogP contribution in [0, 0.1) is 0 Å². The molecule has 0 aliphatic heterocycles. The second-order valence-corrected chi connectivity index (χ2v) is 3.70. The average Bonchev–Trinajstić information content (AvgIpc) is 2.25. The molecule has 0 fully saturated rings. The summed E-state index contributed by atoms with van der Waals surface area (Å²) in [5.41, 5.74) is 5.99. The van der Waals surface area contributed by atoms with Crippen molar-refractivity contribution in [3.8, 4) is 5.75 Å². The number of ether oxygens (including phenoxy) is 1. The van der Waals surface area contributed by atoms with Gasteiger partial charge in [0.15, 0.2) is 0 Å². The van der Waals surface area contributed by atoms with Crippen LogP contribution in [0.15, 0.2) is 24.3 Å². The maximum absolute atomic E-state index is 11.9. The summed E-state index contributed by atoms with van der Waals surface area (Å²) in [6.07, 6.45) is -4.70. The van der Waals surface area contributed by atoms with E-state index in [0.717, 1.165) is 0 Å². The predicted octanol–water partition coefficient (Wildman–Crippen LogP) is 1.55. The van der Waals surface area contributed by atoms with Crippen molar-refractivity contribution in [1.29, 1.82) is 0 Å². The summed E-state index contributed by atoms with van der Waals surface area (Å²) in [5.74, 6) is -0.629. The Morgan fingerprint density at radius 3 is 2.39 bits per heavy atom. The lowest BCUT2D eigenvalue weighted by atomic mass is 10.2. The third-order valence-electron chi connectivity index (χ3n) is 2.04. The Hall–Kier alpha value is -1.76. The largest absolute Gasteiger partial charge is 0.573 e. The highest BCUT2D eigenvalue weighted by molar-refractivity contribution is 5.80. The van der Waals surface area contributed by atoms with Crippen molar-refractivity contribution in [2.24, 2.45) is 5.73 Å². The SMILES string of the molecule is CC(N)C(=O)NCc1ccc(OC(F)(F)F)cc1. The van der Waals surface area contributed by atoms with Gasteiger partial charge in [0.05, 0.1) is 6.04 Å². The zero-order valence-corrected chi connectivity index (χ0v) is 9.62. The van der Waals surface area contributed by atoms with Gasteiger partial charge in [0.25, 0.3) is 0 Å². The van der Waals surface area contributed by atoms with Crippen LogP contribution in [-0.4, -0.2) is 18.3 Å². The van der Waals surface area contributed by atoms with Crippen LogP contribution < -0.4 is 15.8 Å². The Balaban J connectivity index is 2.53. The molecule has 0 aromatic heterocycles. The highest BCUT2D eigenvalue weighted by Crippen LogP contribution is 2.22. The van der Waals surface area contributed by atoms with Gasteiger partial charge >= 0.3 is 6.36 Å². The van der Waals surface area contributed by atoms with Gasteiger partial charge in [-0.2, -0.15) is 0 Å². The quantitative estimate of drug-likeness (QED) is 0.865. The molecule has 0 aliphatic rings. The number of alkyl halides is 3. The molecule has 100 valence electrons. The van der Waals surface area contributed by atoms with Crippen molar-refractivity contribution in [3.05, 3.63) is 29.8 Å². The van der Waals surface area contributed by atoms with Crippen LogP contribution >= 0.6 is 0 Å². The molecule has 0 heterocycles. The molecular weight excluding hydrogens is 249 g/mol. The topological polar surface area (TPSA) is 64.4 Å². The minimum Gasteiger partial charge on any atom is -0.406 e. The van der Waals surface area contributed by atoms with Crippen LogP contribution in [0.25, 0.3) is 0 Å². The molecule has 1 atom stereocenters. The van der Waals surface area contributed by atoms with Gasteiger partial charge in [0, 0.05) is 6.54 Å². The molecule has 0 saturated heterocycles. The van der Waals surface area contributed by atoms with Gasteiger partial charge in [0.2, 0.25) is 5.91 Å². The number of carbonyl (C=O) groups is 1. The summed E-state index contributed by atoms with van der Waals surface area (Å²) in [6.45, 7) is 1.74. The number of amides is 1. The zero-order valence-electron chi connectivity index (χ0n) is 9.62. The van der Waals surface area contributed by atoms with Crippen LogP contribution in [0.5, 0.6) is 5.75 Å². The molecule has 7 heteroatoms. The minimum atomic E-state index is -4.70. The first kappa shape index (κ1) is 14.3. The Morgan fingerprint density at radius 1 is 1.39 bits per heavy atom. The Kier molecular flexibility index (Phi) is 4.55. The number of hydrogen-bond donors (Lipinski definition) is 2. The second kappa shape index (κ2) is 5.72. The van der Waals surface area contributed by atoms with E-state index in [4.69, 9.17) is 5.73 Å². The Bertz CT molecular complexity index is 402. The monoisotopic (exact) mass is 262 g/mol. The lowest BCUT2D eigenvalue weighted by Gasteiger charge is -2.10. The van der Waals surface area contributed by atoms with E-state index < -0.39 is 12.4 Å². The van der Waals surface area contributed by atoms with E-state index in [1.165, 1.54) is 31.2 Å². The fraction of sp³-hybridized carbons (Fsp3) is 0.364. The normalized spacial score (nSPS) is 12.9. The summed E-state index contributed by atoms with van der Waals surface area (Å²) in [4.78, 5) is 11.2. The molecule has 1 aromatic rings. The fourth-order valence-corrected chi connectivity index (χ4v) is 1.16. The highest BCUT2D eigenvalue weighted by atomic mass is 19.4. The maximum atomic E-state index is 11.9. The Labute approximate surface area is 102 Å². The van der Waals surface area contributed by atoms with Gasteiger partial charge in [-0.25, -0.2) is 0 Å². The van der Waals surface area contributed by atoms with E-state index in [-0.39, 0.29) is 18.2 Å². The molecule has 3 N–H and O–H groups in total. The van der Waals surface area contributed by atoms with E-state index in [2.05, 4.69) is 10.1 Å². The first-order chi connectivity index (χ1) is 8.28. The van der Waals surface area contributed by atoms with Crippen LogP contribution in [0.2, 0.25) is 0 Å². The highest BCUT2D eigenvalue weighted by Gasteiger charge is 2.30. The number of carbonyl (C=O) groups excluding carboxylic acids is 1. The molecule has 0 radical (unpaired) electrons. The molecule has 1 amide bonds. The third kappa shape index (κ3) is 5.05. The van der Waals surface area contributed by atoms with Crippen molar-refractivity contribution < 1.29 is 22.7 Å². The van der Waals surface area contributed by atoms with E-state index in [1.54, 1.807) is 0 Å². The zero-order chi connectivity index (χ0) is 13.8. The number of nitrogens with one attached hydrogen (secondary N) is 1. The minimum absolute atomic E-state index is 0.201. The number of benzene rings is 1. The number of nitrogens with two attached hydrogens (primary N) is 1. The molecule has 0 saturated carbocycles. The molecule has 4 nitrogen and oxygen atoms in total. The first-order valence-corrected chi connectivity index (χ1v) is 5.16. The molecule has 1 unspecified atom stereocenters. The number of halogens is 3. The molecule has 1 aromatic carbocycles. The predicted molar refractivity (Wildman–Crippen MR) is 58.6 cm³/mol. The fourth-order valence-electron chi connectivity index (χ4n) is 1.16. The molecule has 0 bridgehead atoms. The molecule has 0 aliphatic carbocycles. The van der Waals surface area contributed by atoms with Crippen molar-refractivity contribution in [1.82, 2.24) is 5.32 Å². The maximum Gasteiger partial charge on any atom is 0.573 e. The lowest BCUT2D eigenvalue weighted by molar-refractivity contribution is -0.274. The van der Waals surface area contributed by atoms with Gasteiger partial charge in [-0.3, -0.25) is 4.79 Å². The summed E-state index contributed by atoms with van der Waals surface area (Å²) >= 11 is 0. The summed E-state index contributed by atoms with van der Waals surface area (Å²) < 4.78 is 39.4. The lowest BCUT2D eigenvalue weighted by Crippen LogP contribution is -2.37. The van der Waals surface area contributed by atoms with Crippen molar-refractivity contribution in [2.45, 2.75) is 25.9 Å². The molecule has 1 rings (SSSR count). The van der Waals surface area contributed by atoms with Gasteiger partial charge < -0.3 is 15.8 Å². The van der Waals surface area contributed by atoms with E-state index >= 15 is 0 Å². The average molecular weight is 262 g/mol. The first-order valence-electron chi connectivity index (χ1n) is 5.16. The van der Waals surface area contributed by atoms with E-state index in [9.17, 15) is 18.0 Å². The second-order valence-electron chi connectivity index (χ2n) is 3.70. The third-order valence-corrected chi connectivity index (χ3v) is 2.04. The number of hydrogen-bond acceptors (Lipinski definition) is 3. The van der Waals surface area contributed by atoms with Crippen molar-refractivity contribution >= 4 is 5.91 Å². The van der Waals surface area contributed by atoms with Gasteiger partial charge in [-0.15, -0.1) is 13.2 Å². The van der Waals surface area contributed by atoms with Crippen LogP contribution in [-0.2, 0) is 11.3 Å². The van der Waals surface area contributed by atoms with Crippen molar-refractivity contribution in [2.75, 3.05) is 0 Å². The summed E-state index contributed by atoms with van der Waals surface area (Å²) in [5, 5.41) is 2.54. The number of rotatable bonds is 4. The van der Waals surface area contributed by atoms with Crippen LogP contribution in [0.3, 0.4) is 0 Å². The van der Waals surface area contributed by atoms with E-state index in [1.807, 2.05) is 0 Å². The van der Waals surface area contributed by atoms with Crippen molar-refractivity contribution in [3.63, 3.8) is 0 Å². The molecule has 18 heavy (non-hydrogen) atoms. The van der Waals surface area contributed by atoms with E-state index in [0.29, 0.717) is 5.56 Å². The molecular formula is C11H13F3N2O2. The van der Waals surface area contributed by atoms with Gasteiger partial charge in [-0.05, 0) is 24.6 Å². The summed E-state index contributed by atoms with van der Waals surface area (Å²) in [6, 6.07) is 4.60. The van der Waals surface area contributed by atoms with Gasteiger partial charge in [0.1, 0.15) is 5.75 Å². The molecule has 0 spiro atoms. The summed E-state index contributed by atoms with van der Waals surface area (Å²) in [7, 11) is 0. The Morgan fingerprint density at radius 2 is 1.94 bits per heavy atom. The van der Waals surface area contributed by atoms with Gasteiger partial charge in [-0.1, -0.05) is 12.1 Å². The van der Waals surface area contributed by atoms with Crippen LogP contribution in [0.4, 0.5) is 13.2 Å². The smallest absolute Gasteiger partial charge is 0.406 e.